The SMILES string of the molecule is CCOc1ccc(CNCC(C)Cn2ccnc2)cc1. The Hall–Kier alpha value is -1.81. The van der Waals surface area contributed by atoms with Crippen molar-refractivity contribution in [2.75, 3.05) is 13.2 Å². The lowest BCUT2D eigenvalue weighted by Gasteiger charge is -2.13. The highest BCUT2D eigenvalue weighted by Crippen LogP contribution is 2.12. The first-order chi connectivity index (χ1) is 9.78. The highest BCUT2D eigenvalue weighted by molar-refractivity contribution is 5.27. The van der Waals surface area contributed by atoms with Crippen LogP contribution < -0.4 is 10.1 Å². The largest absolute Gasteiger partial charge is 0.494 e. The second-order valence-corrected chi connectivity index (χ2v) is 5.07. The number of aromatic nitrogens is 2. The Labute approximate surface area is 120 Å². The molecule has 108 valence electrons. The molecule has 0 saturated carbocycles. The van der Waals surface area contributed by atoms with E-state index >= 15 is 0 Å². The average molecular weight is 273 g/mol. The summed E-state index contributed by atoms with van der Waals surface area (Å²) in [5.74, 6) is 1.51. The zero-order chi connectivity index (χ0) is 14.2. The van der Waals surface area contributed by atoms with E-state index in [1.54, 1.807) is 0 Å². The molecule has 0 amide bonds. The number of nitrogens with one attached hydrogen (secondary N) is 1. The molecule has 0 radical (unpaired) electrons. The van der Waals surface area contributed by atoms with E-state index in [1.807, 2.05) is 37.8 Å². The van der Waals surface area contributed by atoms with Gasteiger partial charge in [0.15, 0.2) is 0 Å². The third-order valence-corrected chi connectivity index (χ3v) is 3.14. The molecule has 0 aliphatic heterocycles. The van der Waals surface area contributed by atoms with Crippen molar-refractivity contribution in [2.45, 2.75) is 26.9 Å². The molecule has 2 aromatic rings. The number of rotatable bonds is 8. The first-order valence-electron chi connectivity index (χ1n) is 7.16. The van der Waals surface area contributed by atoms with Crippen LogP contribution in [0.1, 0.15) is 19.4 Å². The van der Waals surface area contributed by atoms with Gasteiger partial charge in [0.1, 0.15) is 5.75 Å². The van der Waals surface area contributed by atoms with Gasteiger partial charge in [0.25, 0.3) is 0 Å². The fraction of sp³-hybridized carbons (Fsp3) is 0.438. The molecular formula is C16H23N3O. The van der Waals surface area contributed by atoms with Crippen LogP contribution in [0.5, 0.6) is 5.75 Å². The zero-order valence-electron chi connectivity index (χ0n) is 12.2. The standard InChI is InChI=1S/C16H23N3O/c1-3-20-16-6-4-15(5-7-16)11-18-10-14(2)12-19-9-8-17-13-19/h4-9,13-14,18H,3,10-12H2,1-2H3. The minimum Gasteiger partial charge on any atom is -0.494 e. The fourth-order valence-corrected chi connectivity index (χ4v) is 2.15. The number of benzene rings is 1. The molecule has 1 heterocycles. The maximum Gasteiger partial charge on any atom is 0.119 e. The monoisotopic (exact) mass is 273 g/mol. The molecule has 0 saturated heterocycles. The number of nitrogens with zero attached hydrogens (tertiary/aromatic N) is 2. The van der Waals surface area contributed by atoms with Gasteiger partial charge < -0.3 is 14.6 Å². The summed E-state index contributed by atoms with van der Waals surface area (Å²) in [4.78, 5) is 4.06. The van der Waals surface area contributed by atoms with E-state index in [9.17, 15) is 0 Å². The van der Waals surface area contributed by atoms with Crippen molar-refractivity contribution in [3.8, 4) is 5.75 Å². The summed E-state index contributed by atoms with van der Waals surface area (Å²) in [5, 5.41) is 3.49. The summed E-state index contributed by atoms with van der Waals surface area (Å²) in [6.07, 6.45) is 5.69. The third kappa shape index (κ3) is 4.70. The van der Waals surface area contributed by atoms with Gasteiger partial charge in [-0.3, -0.25) is 0 Å². The molecule has 0 bridgehead atoms. The molecule has 4 heteroatoms. The molecule has 0 aliphatic rings. The van der Waals surface area contributed by atoms with Crippen molar-refractivity contribution < 1.29 is 4.74 Å². The molecular weight excluding hydrogens is 250 g/mol. The van der Waals surface area contributed by atoms with E-state index < -0.39 is 0 Å². The van der Waals surface area contributed by atoms with Crippen molar-refractivity contribution in [1.29, 1.82) is 0 Å². The zero-order valence-corrected chi connectivity index (χ0v) is 12.2. The van der Waals surface area contributed by atoms with Crippen molar-refractivity contribution >= 4 is 0 Å². The number of hydrogen-bond acceptors (Lipinski definition) is 3. The van der Waals surface area contributed by atoms with Gasteiger partial charge in [-0.2, -0.15) is 0 Å². The van der Waals surface area contributed by atoms with Crippen molar-refractivity contribution in [3.63, 3.8) is 0 Å². The molecule has 0 aliphatic carbocycles. The number of hydrogen-bond donors (Lipinski definition) is 1. The van der Waals surface area contributed by atoms with Crippen LogP contribution in [0.3, 0.4) is 0 Å². The highest BCUT2D eigenvalue weighted by atomic mass is 16.5. The normalized spacial score (nSPS) is 12.3. The summed E-state index contributed by atoms with van der Waals surface area (Å²) in [7, 11) is 0. The van der Waals surface area contributed by atoms with E-state index in [1.165, 1.54) is 5.56 Å². The first kappa shape index (κ1) is 14.6. The fourth-order valence-electron chi connectivity index (χ4n) is 2.15. The molecule has 1 atom stereocenters. The van der Waals surface area contributed by atoms with Crippen molar-refractivity contribution in [2.24, 2.45) is 5.92 Å². The maximum atomic E-state index is 5.43. The predicted molar refractivity (Wildman–Crippen MR) is 80.7 cm³/mol. The molecule has 1 unspecified atom stereocenters. The van der Waals surface area contributed by atoms with Gasteiger partial charge in [-0.25, -0.2) is 4.98 Å². The molecule has 20 heavy (non-hydrogen) atoms. The predicted octanol–water partition coefficient (Wildman–Crippen LogP) is 2.71. The smallest absolute Gasteiger partial charge is 0.119 e. The average Bonchev–Trinajstić information content (AvgIpc) is 2.94. The van der Waals surface area contributed by atoms with Crippen molar-refractivity contribution in [1.82, 2.24) is 14.9 Å². The second-order valence-electron chi connectivity index (χ2n) is 5.07. The molecule has 0 fully saturated rings. The van der Waals surface area contributed by atoms with Gasteiger partial charge in [-0.1, -0.05) is 19.1 Å². The van der Waals surface area contributed by atoms with E-state index in [4.69, 9.17) is 4.74 Å². The van der Waals surface area contributed by atoms with Crippen LogP contribution in [0.2, 0.25) is 0 Å². The van der Waals surface area contributed by atoms with Crippen molar-refractivity contribution in [3.05, 3.63) is 48.5 Å². The summed E-state index contributed by atoms with van der Waals surface area (Å²) >= 11 is 0. The van der Waals surface area contributed by atoms with Gasteiger partial charge in [0.2, 0.25) is 0 Å². The molecule has 1 aromatic carbocycles. The van der Waals surface area contributed by atoms with Crippen LogP contribution in [0.4, 0.5) is 0 Å². The number of imidazole rings is 1. The van der Waals surface area contributed by atoms with E-state index in [0.717, 1.165) is 25.4 Å². The molecule has 1 N–H and O–H groups in total. The molecule has 0 spiro atoms. The van der Waals surface area contributed by atoms with Gasteiger partial charge >= 0.3 is 0 Å². The van der Waals surface area contributed by atoms with E-state index in [0.29, 0.717) is 12.5 Å². The number of ether oxygens (including phenoxy) is 1. The van der Waals surface area contributed by atoms with Gasteiger partial charge in [-0.05, 0) is 37.1 Å². The Balaban J connectivity index is 1.69. The van der Waals surface area contributed by atoms with E-state index in [2.05, 4.69) is 33.9 Å². The Morgan fingerprint density at radius 3 is 2.75 bits per heavy atom. The van der Waals surface area contributed by atoms with Crippen LogP contribution in [0.15, 0.2) is 43.0 Å². The van der Waals surface area contributed by atoms with E-state index in [-0.39, 0.29) is 0 Å². The lowest BCUT2D eigenvalue weighted by molar-refractivity contribution is 0.340. The van der Waals surface area contributed by atoms with Crippen LogP contribution in [-0.2, 0) is 13.1 Å². The molecule has 2 rings (SSSR count). The second kappa shape index (κ2) is 7.70. The summed E-state index contributed by atoms with van der Waals surface area (Å²) in [6, 6.07) is 8.27. The molecule has 4 nitrogen and oxygen atoms in total. The maximum absolute atomic E-state index is 5.43. The minimum atomic E-state index is 0.576. The third-order valence-electron chi connectivity index (χ3n) is 3.14. The van der Waals surface area contributed by atoms with Crippen LogP contribution >= 0.6 is 0 Å². The van der Waals surface area contributed by atoms with Gasteiger partial charge in [0, 0.05) is 25.5 Å². The summed E-state index contributed by atoms with van der Waals surface area (Å²) in [6.45, 7) is 7.83. The Bertz CT molecular complexity index is 479. The highest BCUT2D eigenvalue weighted by Gasteiger charge is 2.02. The Kier molecular flexibility index (Phi) is 5.62. The van der Waals surface area contributed by atoms with Crippen LogP contribution in [0.25, 0.3) is 0 Å². The Morgan fingerprint density at radius 1 is 1.30 bits per heavy atom. The topological polar surface area (TPSA) is 39.1 Å². The minimum absolute atomic E-state index is 0.576. The lowest BCUT2D eigenvalue weighted by atomic mass is 10.1. The van der Waals surface area contributed by atoms with Crippen LogP contribution in [0, 0.1) is 5.92 Å². The summed E-state index contributed by atoms with van der Waals surface area (Å²) < 4.78 is 7.55. The Morgan fingerprint density at radius 2 is 2.10 bits per heavy atom. The summed E-state index contributed by atoms with van der Waals surface area (Å²) in [5.41, 5.74) is 1.28. The quantitative estimate of drug-likeness (QED) is 0.804. The molecule has 1 aromatic heterocycles. The van der Waals surface area contributed by atoms with Gasteiger partial charge in [0.05, 0.1) is 12.9 Å². The van der Waals surface area contributed by atoms with Crippen LogP contribution in [-0.4, -0.2) is 22.7 Å². The first-order valence-corrected chi connectivity index (χ1v) is 7.16. The van der Waals surface area contributed by atoms with Gasteiger partial charge in [-0.15, -0.1) is 0 Å². The lowest BCUT2D eigenvalue weighted by Crippen LogP contribution is -2.23.